The molecule has 136 valence electrons. The fourth-order valence-corrected chi connectivity index (χ4v) is 3.31. The molecular formula is C21H30N2O2. The lowest BCUT2D eigenvalue weighted by Crippen LogP contribution is -2.39. The highest BCUT2D eigenvalue weighted by molar-refractivity contribution is 6.06. The Morgan fingerprint density at radius 2 is 1.40 bits per heavy atom. The fraction of sp³-hybridized carbons (Fsp3) is 0.619. The van der Waals surface area contributed by atoms with Gasteiger partial charge in [0, 0.05) is 0 Å². The maximum Gasteiger partial charge on any atom is 0.199 e. The lowest BCUT2D eigenvalue weighted by Gasteiger charge is -2.28. The molecule has 0 bridgehead atoms. The van der Waals surface area contributed by atoms with Gasteiger partial charge in [-0.1, -0.05) is 58.0 Å². The molecule has 0 N–H and O–H groups in total. The lowest BCUT2D eigenvalue weighted by molar-refractivity contribution is 0.243. The summed E-state index contributed by atoms with van der Waals surface area (Å²) in [6.07, 6.45) is 0.779. The summed E-state index contributed by atoms with van der Waals surface area (Å²) in [5, 5.41) is 0. The second-order valence-corrected chi connectivity index (χ2v) is 8.11. The second kappa shape index (κ2) is 7.19. The topological polar surface area (TPSA) is 43.2 Å². The number of ether oxygens (including phenoxy) is 2. The van der Waals surface area contributed by atoms with Crippen LogP contribution in [0.1, 0.15) is 40.2 Å². The van der Waals surface area contributed by atoms with Crippen LogP contribution in [0.15, 0.2) is 40.3 Å². The van der Waals surface area contributed by atoms with E-state index in [1.54, 1.807) is 0 Å². The zero-order chi connectivity index (χ0) is 18.0. The van der Waals surface area contributed by atoms with Gasteiger partial charge in [0.1, 0.15) is 18.6 Å². The number of aliphatic imine (C=N–C) groups is 2. The Labute approximate surface area is 151 Å². The normalized spacial score (nSPS) is 25.4. The molecule has 4 heteroatoms. The summed E-state index contributed by atoms with van der Waals surface area (Å²) >= 11 is 0. The molecule has 0 fully saturated rings. The van der Waals surface area contributed by atoms with Crippen LogP contribution in [-0.4, -0.2) is 37.1 Å². The van der Waals surface area contributed by atoms with Crippen molar-refractivity contribution in [3.8, 4) is 0 Å². The molecule has 2 aliphatic rings. The maximum absolute atomic E-state index is 6.06. The van der Waals surface area contributed by atoms with E-state index in [2.05, 4.69) is 58.9 Å². The minimum atomic E-state index is -0.450. The number of rotatable bonds is 6. The molecular weight excluding hydrogens is 312 g/mol. The molecule has 1 aromatic carbocycles. The Morgan fingerprint density at radius 3 is 1.80 bits per heavy atom. The van der Waals surface area contributed by atoms with E-state index < -0.39 is 5.41 Å². The molecule has 0 spiro atoms. The van der Waals surface area contributed by atoms with Gasteiger partial charge in [-0.2, -0.15) is 0 Å². The molecule has 0 amide bonds. The highest BCUT2D eigenvalue weighted by atomic mass is 16.5. The highest BCUT2D eigenvalue weighted by Crippen LogP contribution is 2.34. The largest absolute Gasteiger partial charge is 0.478 e. The smallest absolute Gasteiger partial charge is 0.199 e. The van der Waals surface area contributed by atoms with Crippen molar-refractivity contribution in [1.82, 2.24) is 0 Å². The molecule has 4 nitrogen and oxygen atoms in total. The van der Waals surface area contributed by atoms with Crippen LogP contribution in [-0.2, 0) is 15.9 Å². The molecule has 2 aliphatic heterocycles. The van der Waals surface area contributed by atoms with Gasteiger partial charge in [-0.3, -0.25) is 0 Å². The van der Waals surface area contributed by atoms with E-state index in [0.29, 0.717) is 25.0 Å². The summed E-state index contributed by atoms with van der Waals surface area (Å²) in [4.78, 5) is 9.81. The van der Waals surface area contributed by atoms with Crippen molar-refractivity contribution in [3.05, 3.63) is 35.9 Å². The molecule has 25 heavy (non-hydrogen) atoms. The molecule has 0 aromatic heterocycles. The van der Waals surface area contributed by atoms with Crippen LogP contribution in [0.2, 0.25) is 0 Å². The SMILES string of the molecule is CC(C)C1COC(C(C)(Cc2ccccc2)C2=NC(C(C)C)CO2)=N1. The van der Waals surface area contributed by atoms with Gasteiger partial charge >= 0.3 is 0 Å². The first-order valence-corrected chi connectivity index (χ1v) is 9.36. The zero-order valence-corrected chi connectivity index (χ0v) is 16.0. The third-order valence-electron chi connectivity index (χ3n) is 5.23. The van der Waals surface area contributed by atoms with Crippen LogP contribution in [0.25, 0.3) is 0 Å². The van der Waals surface area contributed by atoms with Crippen LogP contribution < -0.4 is 0 Å². The van der Waals surface area contributed by atoms with Gasteiger partial charge in [-0.15, -0.1) is 0 Å². The minimum absolute atomic E-state index is 0.216. The Morgan fingerprint density at radius 1 is 0.920 bits per heavy atom. The van der Waals surface area contributed by atoms with Crippen LogP contribution in [0.4, 0.5) is 0 Å². The predicted molar refractivity (Wildman–Crippen MR) is 102 cm³/mol. The summed E-state index contributed by atoms with van der Waals surface area (Å²) in [5.41, 5.74) is 0.790. The minimum Gasteiger partial charge on any atom is -0.478 e. The van der Waals surface area contributed by atoms with Gasteiger partial charge in [0.15, 0.2) is 11.8 Å². The summed E-state index contributed by atoms with van der Waals surface area (Å²) in [6.45, 7) is 12.2. The Hall–Kier alpha value is -1.84. The lowest BCUT2D eigenvalue weighted by atomic mass is 9.82. The third kappa shape index (κ3) is 3.73. The van der Waals surface area contributed by atoms with E-state index in [9.17, 15) is 0 Å². The Bertz CT molecular complexity index is 615. The van der Waals surface area contributed by atoms with E-state index in [1.807, 2.05) is 6.07 Å². The van der Waals surface area contributed by atoms with E-state index in [4.69, 9.17) is 19.5 Å². The van der Waals surface area contributed by atoms with Crippen molar-refractivity contribution < 1.29 is 9.47 Å². The Balaban J connectivity index is 1.94. The van der Waals surface area contributed by atoms with E-state index in [-0.39, 0.29) is 12.1 Å². The average molecular weight is 342 g/mol. The van der Waals surface area contributed by atoms with E-state index in [0.717, 1.165) is 18.2 Å². The predicted octanol–water partition coefficient (Wildman–Crippen LogP) is 4.14. The molecule has 2 atom stereocenters. The average Bonchev–Trinajstić information content (AvgIpc) is 3.26. The summed E-state index contributed by atoms with van der Waals surface area (Å²) in [5.74, 6) is 2.48. The molecule has 0 saturated carbocycles. The molecule has 0 radical (unpaired) electrons. The van der Waals surface area contributed by atoms with Gasteiger partial charge in [-0.05, 0) is 30.7 Å². The number of benzene rings is 1. The summed E-state index contributed by atoms with van der Waals surface area (Å²) < 4.78 is 12.1. The molecule has 2 unspecified atom stereocenters. The maximum atomic E-state index is 6.06. The first kappa shape index (κ1) is 18.0. The van der Waals surface area contributed by atoms with Crippen molar-refractivity contribution in [2.24, 2.45) is 27.2 Å². The summed E-state index contributed by atoms with van der Waals surface area (Å²) in [7, 11) is 0. The van der Waals surface area contributed by atoms with Gasteiger partial charge in [0.25, 0.3) is 0 Å². The van der Waals surface area contributed by atoms with Gasteiger partial charge in [0.05, 0.1) is 12.1 Å². The van der Waals surface area contributed by atoms with Crippen molar-refractivity contribution in [3.63, 3.8) is 0 Å². The fourth-order valence-electron chi connectivity index (χ4n) is 3.31. The first-order chi connectivity index (χ1) is 11.9. The third-order valence-corrected chi connectivity index (χ3v) is 5.23. The molecule has 2 heterocycles. The van der Waals surface area contributed by atoms with Crippen molar-refractivity contribution in [2.45, 2.75) is 53.1 Å². The quantitative estimate of drug-likeness (QED) is 0.780. The van der Waals surface area contributed by atoms with Gasteiger partial charge in [0.2, 0.25) is 0 Å². The van der Waals surface area contributed by atoms with E-state index in [1.165, 1.54) is 5.56 Å². The van der Waals surface area contributed by atoms with Crippen LogP contribution in [0.3, 0.4) is 0 Å². The Kier molecular flexibility index (Phi) is 5.16. The molecule has 3 rings (SSSR count). The van der Waals surface area contributed by atoms with Crippen LogP contribution in [0, 0.1) is 17.3 Å². The second-order valence-electron chi connectivity index (χ2n) is 8.11. The van der Waals surface area contributed by atoms with E-state index >= 15 is 0 Å². The van der Waals surface area contributed by atoms with Gasteiger partial charge < -0.3 is 9.47 Å². The van der Waals surface area contributed by atoms with Gasteiger partial charge in [-0.25, -0.2) is 9.98 Å². The molecule has 0 aliphatic carbocycles. The number of nitrogens with zero attached hydrogens (tertiary/aromatic N) is 2. The zero-order valence-electron chi connectivity index (χ0n) is 16.0. The monoisotopic (exact) mass is 342 g/mol. The molecule has 0 saturated heterocycles. The molecule has 1 aromatic rings. The summed E-state index contributed by atoms with van der Waals surface area (Å²) in [6, 6.07) is 10.9. The number of hydrogen-bond donors (Lipinski definition) is 0. The first-order valence-electron chi connectivity index (χ1n) is 9.36. The van der Waals surface area contributed by atoms with Crippen LogP contribution >= 0.6 is 0 Å². The van der Waals surface area contributed by atoms with Crippen LogP contribution in [0.5, 0.6) is 0 Å². The van der Waals surface area contributed by atoms with Crippen molar-refractivity contribution >= 4 is 11.8 Å². The van der Waals surface area contributed by atoms with Crippen molar-refractivity contribution in [2.75, 3.05) is 13.2 Å². The standard InChI is InChI=1S/C21H30N2O2/c1-14(2)17-12-24-19(22-17)21(5,11-16-9-7-6-8-10-16)20-23-18(13-25-20)15(3)4/h6-10,14-15,17-18H,11-13H2,1-5H3. The van der Waals surface area contributed by atoms with Crippen molar-refractivity contribution in [1.29, 1.82) is 0 Å². The number of hydrogen-bond acceptors (Lipinski definition) is 4. The highest BCUT2D eigenvalue weighted by Gasteiger charge is 2.45.